The molecule has 5 nitrogen and oxygen atoms in total. The highest BCUT2D eigenvalue weighted by Crippen LogP contribution is 2.24. The van der Waals surface area contributed by atoms with Crippen molar-refractivity contribution in [1.29, 1.82) is 0 Å². The minimum atomic E-state index is -0.604. The molecule has 0 amide bonds. The lowest BCUT2D eigenvalue weighted by Crippen LogP contribution is -2.13. The summed E-state index contributed by atoms with van der Waals surface area (Å²) in [7, 11) is 0. The van der Waals surface area contributed by atoms with E-state index in [0.717, 1.165) is 0 Å². The van der Waals surface area contributed by atoms with Gasteiger partial charge in [-0.05, 0) is 18.1 Å². The number of hydrogen-bond acceptors (Lipinski definition) is 5. The first kappa shape index (κ1) is 14.3. The van der Waals surface area contributed by atoms with Gasteiger partial charge in [-0.2, -0.15) is 0 Å². The Morgan fingerprint density at radius 2 is 2.11 bits per heavy atom. The minimum absolute atomic E-state index is 0.0684. The first-order chi connectivity index (χ1) is 8.52. The normalized spacial score (nSPS) is 10.6. The van der Waals surface area contributed by atoms with Gasteiger partial charge in [-0.15, -0.1) is 0 Å². The molecule has 0 radical (unpaired) electrons. The van der Waals surface area contributed by atoms with E-state index in [2.05, 4.69) is 0 Å². The van der Waals surface area contributed by atoms with Crippen LogP contribution in [-0.4, -0.2) is 30.9 Å². The maximum absolute atomic E-state index is 11.6. The second kappa shape index (κ2) is 6.86. The molecule has 18 heavy (non-hydrogen) atoms. The molecule has 0 aromatic heterocycles. The zero-order chi connectivity index (χ0) is 13.5. The van der Waals surface area contributed by atoms with Crippen LogP contribution in [0.1, 0.15) is 24.2 Å². The van der Waals surface area contributed by atoms with Crippen molar-refractivity contribution in [3.8, 4) is 5.75 Å². The Balaban J connectivity index is 2.39. The standard InChI is InChI=1S/C13H19NO4/c1-9(2)8-17-6-7-18-13(16)10-4-3-5-11(14)12(10)15/h3-5,9,15H,6-8,14H2,1-2H3. The molecule has 0 unspecified atom stereocenters. The van der Waals surface area contributed by atoms with Crippen molar-refractivity contribution in [3.05, 3.63) is 23.8 Å². The van der Waals surface area contributed by atoms with Crippen molar-refractivity contribution in [3.63, 3.8) is 0 Å². The van der Waals surface area contributed by atoms with E-state index in [1.807, 2.05) is 13.8 Å². The van der Waals surface area contributed by atoms with Gasteiger partial charge in [-0.1, -0.05) is 19.9 Å². The van der Waals surface area contributed by atoms with Crippen molar-refractivity contribution in [2.75, 3.05) is 25.6 Å². The molecule has 100 valence electrons. The Bertz CT molecular complexity index is 404. The van der Waals surface area contributed by atoms with E-state index in [-0.39, 0.29) is 23.6 Å². The molecular formula is C13H19NO4. The number of nitrogen functional groups attached to an aromatic ring is 1. The van der Waals surface area contributed by atoms with E-state index < -0.39 is 5.97 Å². The number of nitrogens with two attached hydrogens (primary N) is 1. The highest BCUT2D eigenvalue weighted by Gasteiger charge is 2.13. The van der Waals surface area contributed by atoms with Crippen LogP contribution in [-0.2, 0) is 9.47 Å². The Labute approximate surface area is 107 Å². The summed E-state index contributed by atoms with van der Waals surface area (Å²) < 4.78 is 10.2. The van der Waals surface area contributed by atoms with Crippen molar-refractivity contribution < 1.29 is 19.4 Å². The number of carbonyl (C=O) groups is 1. The molecule has 0 fully saturated rings. The van der Waals surface area contributed by atoms with Crippen LogP contribution in [0.3, 0.4) is 0 Å². The summed E-state index contributed by atoms with van der Waals surface area (Å²) in [5.41, 5.74) is 5.71. The Morgan fingerprint density at radius 1 is 1.39 bits per heavy atom. The van der Waals surface area contributed by atoms with Gasteiger partial charge in [0.2, 0.25) is 0 Å². The van der Waals surface area contributed by atoms with Gasteiger partial charge >= 0.3 is 5.97 Å². The largest absolute Gasteiger partial charge is 0.505 e. The molecule has 0 atom stereocenters. The Kier molecular flexibility index (Phi) is 5.45. The smallest absolute Gasteiger partial charge is 0.342 e. The number of hydrogen-bond donors (Lipinski definition) is 2. The molecule has 5 heteroatoms. The summed E-state index contributed by atoms with van der Waals surface area (Å²) in [5, 5.41) is 9.59. The zero-order valence-electron chi connectivity index (χ0n) is 10.7. The fourth-order valence-electron chi connectivity index (χ4n) is 1.32. The van der Waals surface area contributed by atoms with Crippen molar-refractivity contribution in [2.24, 2.45) is 5.92 Å². The minimum Gasteiger partial charge on any atom is -0.505 e. The molecule has 1 rings (SSSR count). The van der Waals surface area contributed by atoms with E-state index in [1.165, 1.54) is 12.1 Å². The van der Waals surface area contributed by atoms with Crippen LogP contribution in [0.5, 0.6) is 5.75 Å². The second-order valence-electron chi connectivity index (χ2n) is 4.35. The fraction of sp³-hybridized carbons (Fsp3) is 0.462. The second-order valence-corrected chi connectivity index (χ2v) is 4.35. The summed E-state index contributed by atoms with van der Waals surface area (Å²) in [6.45, 7) is 5.20. The third kappa shape index (κ3) is 4.25. The van der Waals surface area contributed by atoms with Crippen molar-refractivity contribution >= 4 is 11.7 Å². The molecule has 0 aliphatic carbocycles. The Morgan fingerprint density at radius 3 is 2.78 bits per heavy atom. The monoisotopic (exact) mass is 253 g/mol. The number of aromatic hydroxyl groups is 1. The number of rotatable bonds is 6. The topological polar surface area (TPSA) is 81.8 Å². The molecule has 0 aliphatic rings. The van der Waals surface area contributed by atoms with Gasteiger partial charge in [-0.25, -0.2) is 4.79 Å². The molecule has 1 aromatic carbocycles. The summed E-state index contributed by atoms with van der Waals surface area (Å²) in [5.74, 6) is -0.405. The summed E-state index contributed by atoms with van der Waals surface area (Å²) in [4.78, 5) is 11.6. The molecule has 0 saturated carbocycles. The highest BCUT2D eigenvalue weighted by atomic mass is 16.6. The molecule has 0 heterocycles. The van der Waals surface area contributed by atoms with E-state index in [4.69, 9.17) is 15.2 Å². The molecule has 1 aromatic rings. The fourth-order valence-corrected chi connectivity index (χ4v) is 1.32. The van der Waals surface area contributed by atoms with Gasteiger partial charge < -0.3 is 20.3 Å². The average molecular weight is 253 g/mol. The van der Waals surface area contributed by atoms with Gasteiger partial charge in [-0.3, -0.25) is 0 Å². The van der Waals surface area contributed by atoms with Crippen molar-refractivity contribution in [1.82, 2.24) is 0 Å². The first-order valence-corrected chi connectivity index (χ1v) is 5.84. The number of carbonyl (C=O) groups excluding carboxylic acids is 1. The predicted octanol–water partition coefficient (Wildman–Crippen LogP) is 1.80. The van der Waals surface area contributed by atoms with Gasteiger partial charge in [0, 0.05) is 6.61 Å². The molecule has 3 N–H and O–H groups in total. The molecule has 0 saturated heterocycles. The Hall–Kier alpha value is -1.75. The quantitative estimate of drug-likeness (QED) is 0.349. The molecule has 0 bridgehead atoms. The summed E-state index contributed by atoms with van der Waals surface area (Å²) >= 11 is 0. The summed E-state index contributed by atoms with van der Waals surface area (Å²) in [6, 6.07) is 4.56. The van der Waals surface area contributed by atoms with Crippen LogP contribution in [0.2, 0.25) is 0 Å². The third-order valence-electron chi connectivity index (χ3n) is 2.20. The lowest BCUT2D eigenvalue weighted by Gasteiger charge is -2.09. The number of ether oxygens (including phenoxy) is 2. The van der Waals surface area contributed by atoms with E-state index in [0.29, 0.717) is 19.1 Å². The van der Waals surface area contributed by atoms with Gasteiger partial charge in [0.1, 0.15) is 12.2 Å². The maximum atomic E-state index is 11.6. The summed E-state index contributed by atoms with van der Waals surface area (Å²) in [6.07, 6.45) is 0. The first-order valence-electron chi connectivity index (χ1n) is 5.84. The van der Waals surface area contributed by atoms with Crippen LogP contribution < -0.4 is 5.73 Å². The van der Waals surface area contributed by atoms with E-state index in [9.17, 15) is 9.90 Å². The number of phenols is 1. The van der Waals surface area contributed by atoms with E-state index in [1.54, 1.807) is 6.07 Å². The highest BCUT2D eigenvalue weighted by molar-refractivity contribution is 5.94. The number of phenolic OH excluding ortho intramolecular Hbond substituents is 1. The predicted molar refractivity (Wildman–Crippen MR) is 68.5 cm³/mol. The molecular weight excluding hydrogens is 234 g/mol. The lowest BCUT2D eigenvalue weighted by molar-refractivity contribution is 0.0275. The third-order valence-corrected chi connectivity index (χ3v) is 2.20. The lowest BCUT2D eigenvalue weighted by atomic mass is 10.2. The van der Waals surface area contributed by atoms with Gasteiger partial charge in [0.25, 0.3) is 0 Å². The van der Waals surface area contributed by atoms with E-state index >= 15 is 0 Å². The number of anilines is 1. The molecule has 0 aliphatic heterocycles. The van der Waals surface area contributed by atoms with Crippen molar-refractivity contribution in [2.45, 2.75) is 13.8 Å². The number of benzene rings is 1. The van der Waals surface area contributed by atoms with Gasteiger partial charge in [0.05, 0.1) is 12.3 Å². The molecule has 0 spiro atoms. The van der Waals surface area contributed by atoms with Crippen LogP contribution in [0.25, 0.3) is 0 Å². The van der Waals surface area contributed by atoms with Crippen LogP contribution in [0.4, 0.5) is 5.69 Å². The van der Waals surface area contributed by atoms with Crippen LogP contribution >= 0.6 is 0 Å². The van der Waals surface area contributed by atoms with Gasteiger partial charge in [0.15, 0.2) is 5.75 Å². The van der Waals surface area contributed by atoms with Crippen LogP contribution in [0.15, 0.2) is 18.2 Å². The SMILES string of the molecule is CC(C)COCCOC(=O)c1cccc(N)c1O. The number of para-hydroxylation sites is 1. The average Bonchev–Trinajstić information content (AvgIpc) is 2.31. The van der Waals surface area contributed by atoms with Crippen LogP contribution in [0, 0.1) is 5.92 Å². The zero-order valence-corrected chi connectivity index (χ0v) is 10.7. The number of esters is 1. The maximum Gasteiger partial charge on any atom is 0.342 e.